The lowest BCUT2D eigenvalue weighted by Gasteiger charge is -2.22. The van der Waals surface area contributed by atoms with Crippen molar-refractivity contribution in [3.63, 3.8) is 0 Å². The molecule has 1 amide bonds. The molecule has 1 aliphatic carbocycles. The molecule has 2 aromatic rings. The molecule has 0 spiro atoms. The van der Waals surface area contributed by atoms with Gasteiger partial charge in [0.1, 0.15) is 0 Å². The minimum Gasteiger partial charge on any atom is -0.322 e. The molecular weight excluding hydrogens is 382 g/mol. The summed E-state index contributed by atoms with van der Waals surface area (Å²) in [6, 6.07) is 11.1. The number of anilines is 1. The number of benzene rings is 2. The maximum atomic E-state index is 12.5. The summed E-state index contributed by atoms with van der Waals surface area (Å²) in [6.07, 6.45) is 4.90. The van der Waals surface area contributed by atoms with Crippen molar-refractivity contribution in [2.75, 3.05) is 5.32 Å². The van der Waals surface area contributed by atoms with Gasteiger partial charge >= 0.3 is 0 Å². The molecule has 1 saturated carbocycles. The van der Waals surface area contributed by atoms with E-state index in [1.807, 2.05) is 0 Å². The Bertz CT molecular complexity index is 950. The number of nitro groups is 1. The third-order valence-corrected chi connectivity index (χ3v) is 6.23. The zero-order valence-electron chi connectivity index (χ0n) is 15.1. The maximum absolute atomic E-state index is 12.5. The van der Waals surface area contributed by atoms with Crippen molar-refractivity contribution >= 4 is 27.3 Å². The van der Waals surface area contributed by atoms with Crippen LogP contribution in [0.2, 0.25) is 0 Å². The molecule has 0 atom stereocenters. The number of sulfonamides is 1. The van der Waals surface area contributed by atoms with E-state index in [0.29, 0.717) is 5.69 Å². The van der Waals surface area contributed by atoms with Crippen LogP contribution in [-0.2, 0) is 10.0 Å². The Balaban J connectivity index is 1.64. The summed E-state index contributed by atoms with van der Waals surface area (Å²) in [5.41, 5.74) is 0.595. The monoisotopic (exact) mass is 403 g/mol. The van der Waals surface area contributed by atoms with Crippen molar-refractivity contribution in [3.05, 3.63) is 64.2 Å². The van der Waals surface area contributed by atoms with Crippen LogP contribution >= 0.6 is 0 Å². The Labute approximate surface area is 163 Å². The average Bonchev–Trinajstić information content (AvgIpc) is 2.69. The highest BCUT2D eigenvalue weighted by Crippen LogP contribution is 2.21. The Hall–Kier alpha value is -2.78. The van der Waals surface area contributed by atoms with Gasteiger partial charge in [0.05, 0.1) is 9.82 Å². The first-order valence-electron chi connectivity index (χ1n) is 9.03. The zero-order valence-corrected chi connectivity index (χ0v) is 15.9. The van der Waals surface area contributed by atoms with Gasteiger partial charge in [-0.1, -0.05) is 19.3 Å². The van der Waals surface area contributed by atoms with Crippen molar-refractivity contribution < 1.29 is 18.1 Å². The number of nitrogens with one attached hydrogen (secondary N) is 2. The second kappa shape index (κ2) is 8.49. The highest BCUT2D eigenvalue weighted by Gasteiger charge is 2.21. The summed E-state index contributed by atoms with van der Waals surface area (Å²) in [7, 11) is -3.60. The topological polar surface area (TPSA) is 118 Å². The Morgan fingerprint density at radius 1 is 0.964 bits per heavy atom. The van der Waals surface area contributed by atoms with Crippen LogP contribution in [0.3, 0.4) is 0 Å². The van der Waals surface area contributed by atoms with E-state index < -0.39 is 20.9 Å². The first-order valence-corrected chi connectivity index (χ1v) is 10.5. The van der Waals surface area contributed by atoms with Crippen LogP contribution in [0.1, 0.15) is 42.5 Å². The Morgan fingerprint density at radius 3 is 2.14 bits per heavy atom. The number of non-ortho nitro benzene ring substituents is 1. The van der Waals surface area contributed by atoms with Gasteiger partial charge in [0.25, 0.3) is 11.6 Å². The average molecular weight is 403 g/mol. The van der Waals surface area contributed by atoms with Gasteiger partial charge in [0.2, 0.25) is 10.0 Å². The normalized spacial score (nSPS) is 15.1. The van der Waals surface area contributed by atoms with E-state index in [0.717, 1.165) is 32.1 Å². The summed E-state index contributed by atoms with van der Waals surface area (Å²) in [5.74, 6) is -0.439. The fraction of sp³-hybridized carbons (Fsp3) is 0.316. The molecule has 0 aliphatic heterocycles. The molecule has 148 valence electrons. The number of amides is 1. The Morgan fingerprint density at radius 2 is 1.57 bits per heavy atom. The van der Waals surface area contributed by atoms with Crippen LogP contribution in [0.15, 0.2) is 53.4 Å². The van der Waals surface area contributed by atoms with Crippen LogP contribution < -0.4 is 10.0 Å². The largest absolute Gasteiger partial charge is 0.322 e. The number of hydrogen-bond donors (Lipinski definition) is 2. The molecule has 0 radical (unpaired) electrons. The van der Waals surface area contributed by atoms with E-state index in [1.54, 1.807) is 0 Å². The predicted octanol–water partition coefficient (Wildman–Crippen LogP) is 3.46. The zero-order chi connectivity index (χ0) is 20.1. The van der Waals surface area contributed by atoms with Gasteiger partial charge in [-0.05, 0) is 49.2 Å². The number of hydrogen-bond acceptors (Lipinski definition) is 5. The van der Waals surface area contributed by atoms with Gasteiger partial charge in [0, 0.05) is 29.4 Å². The van der Waals surface area contributed by atoms with Gasteiger partial charge in [-0.3, -0.25) is 14.9 Å². The minimum atomic E-state index is -3.60. The maximum Gasteiger partial charge on any atom is 0.269 e. The molecule has 0 unspecified atom stereocenters. The summed E-state index contributed by atoms with van der Waals surface area (Å²) in [5, 5.41) is 13.3. The number of nitrogens with zero attached hydrogens (tertiary/aromatic N) is 1. The number of nitro benzene ring substituents is 1. The molecule has 1 fully saturated rings. The van der Waals surface area contributed by atoms with E-state index >= 15 is 0 Å². The van der Waals surface area contributed by atoms with Crippen molar-refractivity contribution in [2.24, 2.45) is 0 Å². The van der Waals surface area contributed by atoms with Crippen LogP contribution in [0.25, 0.3) is 0 Å². The number of carbonyl (C=O) groups is 1. The van der Waals surface area contributed by atoms with Gasteiger partial charge < -0.3 is 5.32 Å². The highest BCUT2D eigenvalue weighted by atomic mass is 32.2. The fourth-order valence-electron chi connectivity index (χ4n) is 3.16. The van der Waals surface area contributed by atoms with Gasteiger partial charge in [0.15, 0.2) is 0 Å². The molecule has 0 heterocycles. The molecule has 3 rings (SSSR count). The lowest BCUT2D eigenvalue weighted by molar-refractivity contribution is -0.384. The lowest BCUT2D eigenvalue weighted by Crippen LogP contribution is -2.36. The van der Waals surface area contributed by atoms with Crippen molar-refractivity contribution in [2.45, 2.75) is 43.0 Å². The standard InChI is InChI=1S/C19H21N3O5S/c23-19(14-6-10-17(11-7-14)22(24)25)20-15-8-12-18(13-9-15)28(26,27)21-16-4-2-1-3-5-16/h6-13,16,21H,1-5H2,(H,20,23). The first kappa shape index (κ1) is 20.0. The van der Waals surface area contributed by atoms with Crippen molar-refractivity contribution in [3.8, 4) is 0 Å². The van der Waals surface area contributed by atoms with Crippen LogP contribution in [0.4, 0.5) is 11.4 Å². The van der Waals surface area contributed by atoms with Gasteiger partial charge in [-0.2, -0.15) is 0 Å². The molecule has 9 heteroatoms. The van der Waals surface area contributed by atoms with Gasteiger partial charge in [-0.15, -0.1) is 0 Å². The third-order valence-electron chi connectivity index (χ3n) is 4.69. The first-order chi connectivity index (χ1) is 13.3. The molecule has 2 N–H and O–H groups in total. The molecule has 0 saturated heterocycles. The fourth-order valence-corrected chi connectivity index (χ4v) is 4.47. The van der Waals surface area contributed by atoms with Crippen molar-refractivity contribution in [1.29, 1.82) is 0 Å². The number of rotatable bonds is 6. The summed E-state index contributed by atoms with van der Waals surface area (Å²) >= 11 is 0. The molecule has 0 aromatic heterocycles. The number of carbonyl (C=O) groups excluding carboxylic acids is 1. The summed E-state index contributed by atoms with van der Waals surface area (Å²) in [6.45, 7) is 0. The van der Waals surface area contributed by atoms with E-state index in [-0.39, 0.29) is 22.2 Å². The molecule has 2 aromatic carbocycles. The van der Waals surface area contributed by atoms with E-state index in [1.165, 1.54) is 48.5 Å². The third kappa shape index (κ3) is 4.93. The molecule has 28 heavy (non-hydrogen) atoms. The van der Waals surface area contributed by atoms with E-state index in [9.17, 15) is 23.3 Å². The quantitative estimate of drug-likeness (QED) is 0.566. The Kier molecular flexibility index (Phi) is 6.05. The second-order valence-corrected chi connectivity index (χ2v) is 8.45. The van der Waals surface area contributed by atoms with E-state index in [4.69, 9.17) is 0 Å². The lowest BCUT2D eigenvalue weighted by atomic mass is 9.96. The SMILES string of the molecule is O=C(Nc1ccc(S(=O)(=O)NC2CCCCC2)cc1)c1ccc([N+](=O)[O-])cc1. The summed E-state index contributed by atoms with van der Waals surface area (Å²) in [4.78, 5) is 22.5. The minimum absolute atomic E-state index is 0.0275. The molecule has 0 bridgehead atoms. The van der Waals surface area contributed by atoms with E-state index in [2.05, 4.69) is 10.0 Å². The van der Waals surface area contributed by atoms with Crippen LogP contribution in [-0.4, -0.2) is 25.3 Å². The van der Waals surface area contributed by atoms with Crippen LogP contribution in [0.5, 0.6) is 0 Å². The molecule has 8 nitrogen and oxygen atoms in total. The van der Waals surface area contributed by atoms with Crippen molar-refractivity contribution in [1.82, 2.24) is 4.72 Å². The predicted molar refractivity (Wildman–Crippen MR) is 105 cm³/mol. The second-order valence-electron chi connectivity index (χ2n) is 6.74. The highest BCUT2D eigenvalue weighted by molar-refractivity contribution is 7.89. The van der Waals surface area contributed by atoms with Gasteiger partial charge in [-0.25, -0.2) is 13.1 Å². The summed E-state index contributed by atoms with van der Waals surface area (Å²) < 4.78 is 27.7. The smallest absolute Gasteiger partial charge is 0.269 e. The molecular formula is C19H21N3O5S. The molecule has 1 aliphatic rings. The van der Waals surface area contributed by atoms with Crippen LogP contribution in [0, 0.1) is 10.1 Å².